The average Bonchev–Trinajstić information content (AvgIpc) is 3.36. The van der Waals surface area contributed by atoms with Crippen LogP contribution < -0.4 is 15.0 Å². The van der Waals surface area contributed by atoms with Gasteiger partial charge in [0.05, 0.1) is 29.8 Å². The van der Waals surface area contributed by atoms with E-state index in [-0.39, 0.29) is 24.1 Å². The molecule has 0 aliphatic heterocycles. The fourth-order valence-corrected chi connectivity index (χ4v) is 4.03. The van der Waals surface area contributed by atoms with Gasteiger partial charge in [-0.15, -0.1) is 0 Å². The highest BCUT2D eigenvalue weighted by Crippen LogP contribution is 2.29. The number of aromatic nitrogens is 2. The second kappa shape index (κ2) is 11.2. The zero-order chi connectivity index (χ0) is 27.4. The number of carbonyl (C=O) groups is 1. The van der Waals surface area contributed by atoms with E-state index in [1.54, 1.807) is 50.2 Å². The van der Waals surface area contributed by atoms with Gasteiger partial charge in [-0.05, 0) is 68.8 Å². The standard InChI is InChI=1S/C30H27N3O6/c1-4-36-26-15-20(13-14-25(26)37-18-28(34)38-19(2)3)17-31-33-29(27-16-21-9-5-8-12-24(21)39-27)32-23-11-7-6-10-22(23)30(33)35/h5-17,19H,4,18H2,1-3H3. The van der Waals surface area contributed by atoms with E-state index in [9.17, 15) is 9.59 Å². The number of fused-ring (bicyclic) bond motifs is 2. The molecule has 9 heteroatoms. The van der Waals surface area contributed by atoms with Crippen molar-refractivity contribution in [2.24, 2.45) is 5.10 Å². The van der Waals surface area contributed by atoms with Crippen molar-refractivity contribution in [3.63, 3.8) is 0 Å². The highest BCUT2D eigenvalue weighted by Gasteiger charge is 2.17. The minimum Gasteiger partial charge on any atom is -0.490 e. The molecule has 5 rings (SSSR count). The number of hydrogen-bond acceptors (Lipinski definition) is 8. The quantitative estimate of drug-likeness (QED) is 0.187. The molecule has 0 fully saturated rings. The van der Waals surface area contributed by atoms with E-state index < -0.39 is 5.97 Å². The summed E-state index contributed by atoms with van der Waals surface area (Å²) < 4.78 is 23.7. The van der Waals surface area contributed by atoms with Crippen LogP contribution in [0.4, 0.5) is 0 Å². The Morgan fingerprint density at radius 2 is 1.82 bits per heavy atom. The van der Waals surface area contributed by atoms with Crippen molar-refractivity contribution in [3.8, 4) is 23.1 Å². The summed E-state index contributed by atoms with van der Waals surface area (Å²) in [6.45, 7) is 5.53. The third kappa shape index (κ3) is 5.67. The lowest BCUT2D eigenvalue weighted by Gasteiger charge is -2.13. The van der Waals surface area contributed by atoms with E-state index in [0.717, 1.165) is 5.39 Å². The Hall–Kier alpha value is -4.92. The van der Waals surface area contributed by atoms with Gasteiger partial charge < -0.3 is 18.6 Å². The largest absolute Gasteiger partial charge is 0.490 e. The average molecular weight is 526 g/mol. The zero-order valence-electron chi connectivity index (χ0n) is 21.8. The van der Waals surface area contributed by atoms with E-state index in [1.807, 2.05) is 43.3 Å². The minimum atomic E-state index is -0.473. The van der Waals surface area contributed by atoms with Crippen LogP contribution >= 0.6 is 0 Å². The SMILES string of the molecule is CCOc1cc(C=Nn2c(-c3cc4ccccc4o3)nc3ccccc3c2=O)ccc1OCC(=O)OC(C)C. The first kappa shape index (κ1) is 25.7. The van der Waals surface area contributed by atoms with Crippen LogP contribution in [0.15, 0.2) is 87.1 Å². The molecule has 3 aromatic carbocycles. The van der Waals surface area contributed by atoms with Crippen LogP contribution in [0.5, 0.6) is 11.5 Å². The number of furan rings is 1. The van der Waals surface area contributed by atoms with Gasteiger partial charge in [-0.25, -0.2) is 9.78 Å². The summed E-state index contributed by atoms with van der Waals surface area (Å²) in [7, 11) is 0. The van der Waals surface area contributed by atoms with Crippen LogP contribution in [0.2, 0.25) is 0 Å². The molecule has 0 saturated carbocycles. The third-order valence-electron chi connectivity index (χ3n) is 5.70. The van der Waals surface area contributed by atoms with Gasteiger partial charge in [0, 0.05) is 5.39 Å². The Morgan fingerprint density at radius 3 is 2.62 bits per heavy atom. The molecule has 39 heavy (non-hydrogen) atoms. The van der Waals surface area contributed by atoms with Gasteiger partial charge in [-0.3, -0.25) is 4.79 Å². The van der Waals surface area contributed by atoms with Crippen LogP contribution in [0.1, 0.15) is 26.3 Å². The Kier molecular flexibility index (Phi) is 7.40. The van der Waals surface area contributed by atoms with Gasteiger partial charge in [-0.1, -0.05) is 30.3 Å². The Bertz CT molecular complexity index is 1700. The molecule has 0 saturated heterocycles. The van der Waals surface area contributed by atoms with Crippen LogP contribution in [-0.2, 0) is 9.53 Å². The number of hydrogen-bond donors (Lipinski definition) is 0. The number of esters is 1. The maximum absolute atomic E-state index is 13.5. The molecule has 5 aromatic rings. The second-order valence-electron chi connectivity index (χ2n) is 8.93. The molecular formula is C30H27N3O6. The van der Waals surface area contributed by atoms with Crippen molar-refractivity contribution >= 4 is 34.1 Å². The Labute approximate surface area is 224 Å². The highest BCUT2D eigenvalue weighted by molar-refractivity contribution is 5.85. The summed E-state index contributed by atoms with van der Waals surface area (Å²) in [6, 6.07) is 21.6. The maximum Gasteiger partial charge on any atom is 0.344 e. The molecule has 198 valence electrons. The van der Waals surface area contributed by atoms with Gasteiger partial charge in [0.2, 0.25) is 5.82 Å². The number of carbonyl (C=O) groups excluding carboxylic acids is 1. The molecular weight excluding hydrogens is 498 g/mol. The van der Waals surface area contributed by atoms with E-state index in [2.05, 4.69) is 5.10 Å². The maximum atomic E-state index is 13.5. The number of benzene rings is 3. The van der Waals surface area contributed by atoms with E-state index >= 15 is 0 Å². The molecule has 2 heterocycles. The summed E-state index contributed by atoms with van der Waals surface area (Å²) in [5.74, 6) is 1.05. The predicted octanol–water partition coefficient (Wildman–Crippen LogP) is 5.42. The van der Waals surface area contributed by atoms with E-state index in [1.165, 1.54) is 10.9 Å². The lowest BCUT2D eigenvalue weighted by atomic mass is 10.2. The highest BCUT2D eigenvalue weighted by atomic mass is 16.6. The fraction of sp³-hybridized carbons (Fsp3) is 0.200. The topological polar surface area (TPSA) is 105 Å². The van der Waals surface area contributed by atoms with Gasteiger partial charge in [0.15, 0.2) is 23.9 Å². The molecule has 0 aliphatic rings. The number of para-hydroxylation sites is 2. The van der Waals surface area contributed by atoms with E-state index in [4.69, 9.17) is 23.6 Å². The van der Waals surface area contributed by atoms with Crippen molar-refractivity contribution in [1.29, 1.82) is 0 Å². The van der Waals surface area contributed by atoms with Crippen molar-refractivity contribution in [2.75, 3.05) is 13.2 Å². The molecule has 0 spiro atoms. The van der Waals surface area contributed by atoms with Gasteiger partial charge in [0.25, 0.3) is 5.56 Å². The smallest absolute Gasteiger partial charge is 0.344 e. The molecule has 0 bridgehead atoms. The summed E-state index contributed by atoms with van der Waals surface area (Å²) in [4.78, 5) is 30.1. The molecule has 0 radical (unpaired) electrons. The van der Waals surface area contributed by atoms with Gasteiger partial charge >= 0.3 is 5.97 Å². The molecule has 0 amide bonds. The molecule has 0 aliphatic carbocycles. The van der Waals surface area contributed by atoms with Crippen molar-refractivity contribution in [2.45, 2.75) is 26.9 Å². The normalized spacial score (nSPS) is 11.5. The second-order valence-corrected chi connectivity index (χ2v) is 8.93. The lowest BCUT2D eigenvalue weighted by Crippen LogP contribution is -2.20. The number of rotatable bonds is 9. The summed E-state index contributed by atoms with van der Waals surface area (Å²) >= 11 is 0. The van der Waals surface area contributed by atoms with Crippen LogP contribution in [0.25, 0.3) is 33.5 Å². The van der Waals surface area contributed by atoms with E-state index in [0.29, 0.717) is 45.9 Å². The predicted molar refractivity (Wildman–Crippen MR) is 149 cm³/mol. The number of ether oxygens (including phenoxy) is 3. The lowest BCUT2D eigenvalue weighted by molar-refractivity contribution is -0.149. The van der Waals surface area contributed by atoms with Crippen molar-refractivity contribution in [1.82, 2.24) is 9.66 Å². The summed E-state index contributed by atoms with van der Waals surface area (Å²) in [6.07, 6.45) is 1.30. The van der Waals surface area contributed by atoms with Gasteiger partial charge in [-0.2, -0.15) is 9.78 Å². The summed E-state index contributed by atoms with van der Waals surface area (Å²) in [5.41, 5.74) is 1.53. The molecule has 9 nitrogen and oxygen atoms in total. The Morgan fingerprint density at radius 1 is 1.03 bits per heavy atom. The van der Waals surface area contributed by atoms with Crippen LogP contribution in [0.3, 0.4) is 0 Å². The van der Waals surface area contributed by atoms with Crippen molar-refractivity contribution in [3.05, 3.63) is 88.7 Å². The first-order valence-electron chi connectivity index (χ1n) is 12.6. The van der Waals surface area contributed by atoms with Crippen molar-refractivity contribution < 1.29 is 23.4 Å². The van der Waals surface area contributed by atoms with Crippen LogP contribution in [-0.4, -0.2) is 41.2 Å². The number of nitrogens with zero attached hydrogens (tertiary/aromatic N) is 3. The first-order valence-corrected chi connectivity index (χ1v) is 12.6. The fourth-order valence-electron chi connectivity index (χ4n) is 4.03. The summed E-state index contributed by atoms with van der Waals surface area (Å²) in [5, 5.41) is 5.82. The monoisotopic (exact) mass is 525 g/mol. The Balaban J connectivity index is 1.52. The minimum absolute atomic E-state index is 0.233. The third-order valence-corrected chi connectivity index (χ3v) is 5.70. The van der Waals surface area contributed by atoms with Gasteiger partial charge in [0.1, 0.15) is 5.58 Å². The van der Waals surface area contributed by atoms with Crippen LogP contribution in [0, 0.1) is 0 Å². The zero-order valence-corrected chi connectivity index (χ0v) is 21.8. The molecule has 0 atom stereocenters. The first-order chi connectivity index (χ1) is 18.9. The molecule has 0 unspecified atom stereocenters. The molecule has 0 N–H and O–H groups in total. The molecule has 2 aromatic heterocycles.